The average Bonchev–Trinajstić information content (AvgIpc) is 2.96. The molecular weight excluding hydrogens is 332 g/mol. The molecule has 1 heterocycles. The van der Waals surface area contributed by atoms with Crippen LogP contribution in [0.1, 0.15) is 38.8 Å². The van der Waals surface area contributed by atoms with Gasteiger partial charge < -0.3 is 25.4 Å². The number of ether oxygens (including phenoxy) is 2. The van der Waals surface area contributed by atoms with Crippen LogP contribution in [0.25, 0.3) is 0 Å². The fourth-order valence-corrected chi connectivity index (χ4v) is 2.82. The molecule has 0 bridgehead atoms. The first-order chi connectivity index (χ1) is 12.6. The molecule has 7 heteroatoms. The van der Waals surface area contributed by atoms with Gasteiger partial charge in [0.05, 0.1) is 19.7 Å². The molecule has 1 aliphatic rings. The molecule has 26 heavy (non-hydrogen) atoms. The van der Waals surface area contributed by atoms with E-state index in [0.29, 0.717) is 32.2 Å². The molecule has 1 atom stereocenters. The highest BCUT2D eigenvalue weighted by atomic mass is 16.5. The number of rotatable bonds is 8. The Morgan fingerprint density at radius 1 is 1.23 bits per heavy atom. The minimum absolute atomic E-state index is 0.0620. The van der Waals surface area contributed by atoms with Gasteiger partial charge in [-0.25, -0.2) is 4.99 Å². The summed E-state index contributed by atoms with van der Waals surface area (Å²) >= 11 is 0. The monoisotopic (exact) mass is 362 g/mol. The third-order valence-corrected chi connectivity index (χ3v) is 3.92. The van der Waals surface area contributed by atoms with Crippen LogP contribution in [0.2, 0.25) is 0 Å². The Hall–Kier alpha value is -2.44. The van der Waals surface area contributed by atoms with Crippen LogP contribution in [-0.2, 0) is 17.8 Å². The number of fused-ring (bicyclic) bond motifs is 1. The van der Waals surface area contributed by atoms with E-state index in [9.17, 15) is 4.79 Å². The molecule has 144 valence electrons. The van der Waals surface area contributed by atoms with E-state index in [0.717, 1.165) is 23.5 Å². The molecule has 0 saturated heterocycles. The highest BCUT2D eigenvalue weighted by molar-refractivity contribution is 5.86. The van der Waals surface area contributed by atoms with Gasteiger partial charge in [-0.2, -0.15) is 0 Å². The van der Waals surface area contributed by atoms with Gasteiger partial charge in [-0.05, 0) is 39.8 Å². The van der Waals surface area contributed by atoms with Crippen molar-refractivity contribution in [3.63, 3.8) is 0 Å². The third-order valence-electron chi connectivity index (χ3n) is 3.92. The van der Waals surface area contributed by atoms with Gasteiger partial charge in [-0.1, -0.05) is 0 Å². The number of aliphatic imine (C=N–C) groups is 1. The molecule has 1 aliphatic heterocycles. The van der Waals surface area contributed by atoms with Gasteiger partial charge >= 0.3 is 0 Å². The van der Waals surface area contributed by atoms with Crippen molar-refractivity contribution < 1.29 is 14.3 Å². The Kier molecular flexibility index (Phi) is 7.56. The number of hydrogen-bond acceptors (Lipinski definition) is 4. The van der Waals surface area contributed by atoms with Gasteiger partial charge in [0.15, 0.2) is 5.96 Å². The van der Waals surface area contributed by atoms with Crippen molar-refractivity contribution in [1.29, 1.82) is 0 Å². The molecule has 7 nitrogen and oxygen atoms in total. The van der Waals surface area contributed by atoms with Crippen LogP contribution >= 0.6 is 0 Å². The zero-order valence-corrected chi connectivity index (χ0v) is 16.1. The summed E-state index contributed by atoms with van der Waals surface area (Å²) in [7, 11) is 0. The van der Waals surface area contributed by atoms with Crippen molar-refractivity contribution in [2.75, 3.05) is 26.2 Å². The molecule has 1 aromatic rings. The van der Waals surface area contributed by atoms with Gasteiger partial charge in [-0.3, -0.25) is 4.79 Å². The lowest BCUT2D eigenvalue weighted by atomic mass is 10.1. The highest BCUT2D eigenvalue weighted by Crippen LogP contribution is 2.35. The number of carbonyl (C=O) groups excluding carboxylic acids is 1. The Bertz CT molecular complexity index is 646. The van der Waals surface area contributed by atoms with Crippen molar-refractivity contribution in [2.45, 2.75) is 46.8 Å². The van der Waals surface area contributed by atoms with E-state index < -0.39 is 0 Å². The largest absolute Gasteiger partial charge is 0.494 e. The molecule has 0 fully saturated rings. The average molecular weight is 362 g/mol. The second-order valence-corrected chi connectivity index (χ2v) is 6.14. The summed E-state index contributed by atoms with van der Waals surface area (Å²) in [4.78, 5) is 16.2. The molecule has 2 rings (SSSR count). The molecular formula is C19H30N4O3. The summed E-state index contributed by atoms with van der Waals surface area (Å²) in [6.45, 7) is 10.5. The number of carbonyl (C=O) groups is 1. The van der Waals surface area contributed by atoms with E-state index >= 15 is 0 Å². The first-order valence-electron chi connectivity index (χ1n) is 9.31. The van der Waals surface area contributed by atoms with E-state index in [1.165, 1.54) is 5.56 Å². The number of likely N-dealkylation sites (N-methyl/N-ethyl adjacent to an activating group) is 1. The maximum absolute atomic E-state index is 11.6. The van der Waals surface area contributed by atoms with Crippen molar-refractivity contribution in [2.24, 2.45) is 4.99 Å². The van der Waals surface area contributed by atoms with Gasteiger partial charge in [0.2, 0.25) is 5.91 Å². The number of guanidine groups is 1. The predicted molar refractivity (Wildman–Crippen MR) is 103 cm³/mol. The molecule has 1 aromatic carbocycles. The third kappa shape index (κ3) is 5.54. The fraction of sp³-hybridized carbons (Fsp3) is 0.579. The molecule has 1 unspecified atom stereocenters. The second kappa shape index (κ2) is 9.89. The summed E-state index contributed by atoms with van der Waals surface area (Å²) in [5.74, 6) is 2.28. The number of amides is 1. The second-order valence-electron chi connectivity index (χ2n) is 6.14. The molecule has 0 saturated carbocycles. The molecule has 3 N–H and O–H groups in total. The van der Waals surface area contributed by atoms with Crippen molar-refractivity contribution in [3.8, 4) is 11.5 Å². The van der Waals surface area contributed by atoms with Crippen LogP contribution in [-0.4, -0.2) is 44.2 Å². The lowest BCUT2D eigenvalue weighted by Gasteiger charge is -2.13. The van der Waals surface area contributed by atoms with Crippen molar-refractivity contribution >= 4 is 11.9 Å². The number of benzene rings is 1. The normalized spacial score (nSPS) is 15.8. The molecule has 0 aliphatic carbocycles. The summed E-state index contributed by atoms with van der Waals surface area (Å²) in [6, 6.07) is 4.07. The lowest BCUT2D eigenvalue weighted by Crippen LogP contribution is -2.43. The van der Waals surface area contributed by atoms with Gasteiger partial charge in [0.25, 0.3) is 0 Å². The molecule has 0 spiro atoms. The van der Waals surface area contributed by atoms with Crippen LogP contribution < -0.4 is 25.4 Å². The van der Waals surface area contributed by atoms with E-state index in [1.54, 1.807) is 0 Å². The topological polar surface area (TPSA) is 84.0 Å². The van der Waals surface area contributed by atoms with E-state index in [-0.39, 0.29) is 18.6 Å². The maximum atomic E-state index is 11.6. The van der Waals surface area contributed by atoms with E-state index in [4.69, 9.17) is 9.47 Å². The predicted octanol–water partition coefficient (Wildman–Crippen LogP) is 1.60. The van der Waals surface area contributed by atoms with Gasteiger partial charge in [0.1, 0.15) is 17.6 Å². The summed E-state index contributed by atoms with van der Waals surface area (Å²) < 4.78 is 11.6. The minimum Gasteiger partial charge on any atom is -0.494 e. The summed E-state index contributed by atoms with van der Waals surface area (Å²) in [5, 5.41) is 8.94. The van der Waals surface area contributed by atoms with Crippen LogP contribution in [0.15, 0.2) is 17.1 Å². The SMILES string of the molecule is CCNC(=O)CNC(=NCc1cc2c(cc1OCC)CC(C)O2)NCC. The van der Waals surface area contributed by atoms with E-state index in [1.807, 2.05) is 26.8 Å². The fourth-order valence-electron chi connectivity index (χ4n) is 2.82. The summed E-state index contributed by atoms with van der Waals surface area (Å²) in [6.07, 6.45) is 1.09. The first kappa shape index (κ1) is 19.9. The summed E-state index contributed by atoms with van der Waals surface area (Å²) in [5.41, 5.74) is 2.14. The maximum Gasteiger partial charge on any atom is 0.239 e. The van der Waals surface area contributed by atoms with Crippen LogP contribution in [0.3, 0.4) is 0 Å². The zero-order chi connectivity index (χ0) is 18.9. The Morgan fingerprint density at radius 2 is 2.00 bits per heavy atom. The Balaban J connectivity index is 2.12. The lowest BCUT2D eigenvalue weighted by molar-refractivity contribution is -0.119. The minimum atomic E-state index is -0.0620. The zero-order valence-electron chi connectivity index (χ0n) is 16.1. The Morgan fingerprint density at radius 3 is 2.69 bits per heavy atom. The van der Waals surface area contributed by atoms with Gasteiger partial charge in [-0.15, -0.1) is 0 Å². The van der Waals surface area contributed by atoms with Crippen LogP contribution in [0, 0.1) is 0 Å². The molecule has 0 radical (unpaired) electrons. The smallest absolute Gasteiger partial charge is 0.239 e. The van der Waals surface area contributed by atoms with E-state index in [2.05, 4.69) is 33.9 Å². The van der Waals surface area contributed by atoms with Gasteiger partial charge in [0, 0.05) is 30.6 Å². The van der Waals surface area contributed by atoms with Crippen LogP contribution in [0.4, 0.5) is 0 Å². The number of nitrogens with one attached hydrogen (secondary N) is 3. The molecule has 0 aromatic heterocycles. The number of nitrogens with zero attached hydrogens (tertiary/aromatic N) is 1. The quantitative estimate of drug-likeness (QED) is 0.483. The van der Waals surface area contributed by atoms with Crippen molar-refractivity contribution in [3.05, 3.63) is 23.3 Å². The van der Waals surface area contributed by atoms with Crippen molar-refractivity contribution in [1.82, 2.24) is 16.0 Å². The highest BCUT2D eigenvalue weighted by Gasteiger charge is 2.21. The van der Waals surface area contributed by atoms with Crippen LogP contribution in [0.5, 0.6) is 11.5 Å². The number of hydrogen-bond donors (Lipinski definition) is 3. The molecule has 1 amide bonds. The first-order valence-corrected chi connectivity index (χ1v) is 9.31. The Labute approximate surface area is 155 Å². The standard InChI is InChI=1S/C19H30N4O3/c1-5-20-18(24)12-23-19(21-6-2)22-11-15-10-17-14(8-13(4)26-17)9-16(15)25-7-3/h9-10,13H,5-8,11-12H2,1-4H3,(H,20,24)(H2,21,22,23).